The van der Waals surface area contributed by atoms with Crippen molar-refractivity contribution in [1.82, 2.24) is 5.48 Å². The first-order chi connectivity index (χ1) is 13.4. The van der Waals surface area contributed by atoms with Crippen LogP contribution in [0, 0.1) is 0 Å². The van der Waals surface area contributed by atoms with E-state index in [1.54, 1.807) is 0 Å². The predicted octanol–water partition coefficient (Wildman–Crippen LogP) is 4.77. The highest BCUT2D eigenvalue weighted by Gasteiger charge is 2.24. The van der Waals surface area contributed by atoms with Gasteiger partial charge in [-0.05, 0) is 36.4 Å². The molecule has 0 radical (unpaired) electrons. The Morgan fingerprint density at radius 1 is 0.556 bits per heavy atom. The summed E-state index contributed by atoms with van der Waals surface area (Å²) in [6.45, 7) is 0. The molecule has 0 saturated heterocycles. The molecule has 0 aromatic heterocycles. The maximum Gasteiger partial charge on any atom is 0.274 e. The van der Waals surface area contributed by atoms with Gasteiger partial charge in [0.1, 0.15) is 17.2 Å². The van der Waals surface area contributed by atoms with E-state index in [0.717, 1.165) is 0 Å². The van der Waals surface area contributed by atoms with Gasteiger partial charge in [-0.1, -0.05) is 54.6 Å². The molecule has 0 unspecified atom stereocenters. The van der Waals surface area contributed by atoms with Crippen LogP contribution < -0.4 is 19.7 Å². The number of hydrogen-bond donors (Lipinski definition) is 1. The van der Waals surface area contributed by atoms with Crippen molar-refractivity contribution in [3.63, 3.8) is 0 Å². The van der Waals surface area contributed by atoms with E-state index in [0.29, 0.717) is 34.6 Å². The largest absolute Gasteiger partial charge is 0.450 e. The zero-order valence-corrected chi connectivity index (χ0v) is 14.4. The van der Waals surface area contributed by atoms with Crippen LogP contribution in [-0.2, 0) is 4.84 Å². The zero-order chi connectivity index (χ0) is 18.3. The Balaban J connectivity index is 1.67. The van der Waals surface area contributed by atoms with Crippen molar-refractivity contribution in [2.45, 2.75) is 0 Å². The topological polar surface area (TPSA) is 49.0 Å². The third-order valence-corrected chi connectivity index (χ3v) is 3.64. The molecule has 5 nitrogen and oxygen atoms in total. The van der Waals surface area contributed by atoms with Crippen LogP contribution in [0.4, 0.5) is 0 Å². The molecule has 0 amide bonds. The van der Waals surface area contributed by atoms with Crippen LogP contribution in [0.3, 0.4) is 0 Å². The van der Waals surface area contributed by atoms with Crippen LogP contribution in [0.15, 0.2) is 115 Å². The highest BCUT2D eigenvalue weighted by atomic mass is 16.7. The van der Waals surface area contributed by atoms with Crippen LogP contribution in [0.25, 0.3) is 0 Å². The lowest BCUT2D eigenvalue weighted by atomic mass is 10.3. The summed E-state index contributed by atoms with van der Waals surface area (Å²) < 4.78 is 17.9. The number of hydrogen-bond acceptors (Lipinski definition) is 5. The maximum absolute atomic E-state index is 6.04. The van der Waals surface area contributed by atoms with Gasteiger partial charge < -0.3 is 19.0 Å². The van der Waals surface area contributed by atoms with Crippen LogP contribution >= 0.6 is 0 Å². The van der Waals surface area contributed by atoms with Gasteiger partial charge in [-0.3, -0.25) is 0 Å². The second-order valence-corrected chi connectivity index (χ2v) is 5.61. The van der Waals surface area contributed by atoms with Crippen molar-refractivity contribution in [2.24, 2.45) is 0 Å². The van der Waals surface area contributed by atoms with Gasteiger partial charge in [-0.2, -0.15) is 5.48 Å². The summed E-state index contributed by atoms with van der Waals surface area (Å²) in [6.07, 6.45) is 1.43. The van der Waals surface area contributed by atoms with E-state index < -0.39 is 0 Å². The first-order valence-electron chi connectivity index (χ1n) is 8.44. The molecule has 1 N–H and O–H groups in total. The van der Waals surface area contributed by atoms with Gasteiger partial charge in [-0.25, -0.2) is 0 Å². The normalized spacial score (nSPS) is 13.1. The molecule has 134 valence electrons. The van der Waals surface area contributed by atoms with E-state index in [4.69, 9.17) is 19.0 Å². The molecule has 0 atom stereocenters. The van der Waals surface area contributed by atoms with E-state index in [2.05, 4.69) is 5.48 Å². The van der Waals surface area contributed by atoms with E-state index >= 15 is 0 Å². The quantitative estimate of drug-likeness (QED) is 0.687. The summed E-state index contributed by atoms with van der Waals surface area (Å²) in [4.78, 5) is 5.31. The number of hydroxylamine groups is 1. The smallest absolute Gasteiger partial charge is 0.274 e. The molecule has 5 heteroatoms. The summed E-state index contributed by atoms with van der Waals surface area (Å²) >= 11 is 0. The third kappa shape index (κ3) is 4.22. The van der Waals surface area contributed by atoms with Gasteiger partial charge >= 0.3 is 0 Å². The Bertz CT molecular complexity index is 938. The summed E-state index contributed by atoms with van der Waals surface area (Å²) in [5, 5.41) is 0. The van der Waals surface area contributed by atoms with Gasteiger partial charge in [0, 0.05) is 0 Å². The highest BCUT2D eigenvalue weighted by Crippen LogP contribution is 2.27. The molecule has 0 spiro atoms. The second-order valence-electron chi connectivity index (χ2n) is 5.61. The molecule has 1 aliphatic heterocycles. The number of ether oxygens (including phenoxy) is 3. The van der Waals surface area contributed by atoms with Crippen LogP contribution in [0.2, 0.25) is 0 Å². The highest BCUT2D eigenvalue weighted by molar-refractivity contribution is 5.36. The van der Waals surface area contributed by atoms with E-state index in [9.17, 15) is 0 Å². The third-order valence-electron chi connectivity index (χ3n) is 3.64. The van der Waals surface area contributed by atoms with Crippen LogP contribution in [0.1, 0.15) is 0 Å². The molecule has 4 rings (SSSR count). The molecule has 27 heavy (non-hydrogen) atoms. The average Bonchev–Trinajstić information content (AvgIpc) is 2.73. The van der Waals surface area contributed by atoms with E-state index in [1.807, 2.05) is 91.0 Å². The second kappa shape index (κ2) is 8.01. The molecule has 3 aromatic carbocycles. The number of benzene rings is 3. The van der Waals surface area contributed by atoms with Gasteiger partial charge in [-0.15, -0.1) is 0 Å². The minimum Gasteiger partial charge on any atom is -0.450 e. The van der Waals surface area contributed by atoms with Crippen LogP contribution in [0.5, 0.6) is 17.2 Å². The van der Waals surface area contributed by atoms with Crippen molar-refractivity contribution in [2.75, 3.05) is 0 Å². The number of nitrogens with one attached hydrogen (secondary N) is 1. The van der Waals surface area contributed by atoms with Crippen molar-refractivity contribution in [1.29, 1.82) is 0 Å². The van der Waals surface area contributed by atoms with Crippen molar-refractivity contribution >= 4 is 0 Å². The Labute approximate surface area is 157 Å². The predicted molar refractivity (Wildman–Crippen MR) is 101 cm³/mol. The number of rotatable bonds is 6. The molecular formula is C22H17NO4. The average molecular weight is 359 g/mol. The van der Waals surface area contributed by atoms with Crippen molar-refractivity contribution in [3.8, 4) is 17.2 Å². The first kappa shape index (κ1) is 16.6. The lowest BCUT2D eigenvalue weighted by Crippen LogP contribution is -2.27. The Hall–Kier alpha value is -3.86. The number of para-hydroxylation sites is 3. The molecule has 0 bridgehead atoms. The standard InChI is InChI=1S/C22H17NO4/c1-4-10-17(11-5-1)25-20-16-24-23-22(27-19-14-8-3-9-15-19)21(20)26-18-12-6-2-7-13-18/h1-16,23H. The van der Waals surface area contributed by atoms with Gasteiger partial charge in [0.15, 0.2) is 6.26 Å². The Morgan fingerprint density at radius 2 is 1.04 bits per heavy atom. The first-order valence-corrected chi connectivity index (χ1v) is 8.44. The molecule has 3 aromatic rings. The van der Waals surface area contributed by atoms with Crippen molar-refractivity contribution < 1.29 is 19.0 Å². The van der Waals surface area contributed by atoms with E-state index in [1.165, 1.54) is 6.26 Å². The van der Waals surface area contributed by atoms with E-state index in [-0.39, 0.29) is 0 Å². The minimum absolute atomic E-state index is 0.290. The SMILES string of the molecule is C1=C(Oc2ccccc2)C(Oc2ccccc2)=C(Oc2ccccc2)NO1. The fourth-order valence-corrected chi connectivity index (χ4v) is 2.41. The van der Waals surface area contributed by atoms with Crippen LogP contribution in [-0.4, -0.2) is 0 Å². The summed E-state index contributed by atoms with van der Waals surface area (Å²) in [5.74, 6) is 2.99. The molecule has 0 fully saturated rings. The fraction of sp³-hybridized carbons (Fsp3) is 0. The Kier molecular flexibility index (Phi) is 4.93. The summed E-state index contributed by atoms with van der Waals surface area (Å²) in [5.41, 5.74) is 2.73. The lowest BCUT2D eigenvalue weighted by Gasteiger charge is -2.22. The molecule has 1 heterocycles. The maximum atomic E-state index is 6.04. The minimum atomic E-state index is 0.290. The summed E-state index contributed by atoms with van der Waals surface area (Å²) in [7, 11) is 0. The zero-order valence-electron chi connectivity index (χ0n) is 14.4. The molecule has 1 aliphatic rings. The summed E-state index contributed by atoms with van der Waals surface area (Å²) in [6, 6.07) is 28.2. The molecule has 0 saturated carbocycles. The van der Waals surface area contributed by atoms with Gasteiger partial charge in [0.05, 0.1) is 0 Å². The molecule has 0 aliphatic carbocycles. The molecular weight excluding hydrogens is 342 g/mol. The van der Waals surface area contributed by atoms with Crippen molar-refractivity contribution in [3.05, 3.63) is 115 Å². The lowest BCUT2D eigenvalue weighted by molar-refractivity contribution is 0.0890. The monoisotopic (exact) mass is 359 g/mol. The Morgan fingerprint density at radius 3 is 1.59 bits per heavy atom. The van der Waals surface area contributed by atoms with Gasteiger partial charge in [0.2, 0.25) is 11.5 Å². The van der Waals surface area contributed by atoms with Gasteiger partial charge in [0.25, 0.3) is 5.88 Å². The fourth-order valence-electron chi connectivity index (χ4n) is 2.41.